The number of rotatable bonds is 8. The van der Waals surface area contributed by atoms with Crippen LogP contribution in [0, 0.1) is 11.8 Å². The van der Waals surface area contributed by atoms with E-state index in [-0.39, 0.29) is 24.8 Å². The third-order valence-corrected chi connectivity index (χ3v) is 9.69. The van der Waals surface area contributed by atoms with Crippen molar-refractivity contribution in [2.45, 2.75) is 59.6 Å². The van der Waals surface area contributed by atoms with Gasteiger partial charge in [0, 0.05) is 0 Å². The van der Waals surface area contributed by atoms with E-state index in [2.05, 4.69) is 76.3 Å². The van der Waals surface area contributed by atoms with Crippen LogP contribution in [0.1, 0.15) is 53.4 Å². The summed E-state index contributed by atoms with van der Waals surface area (Å²) in [6.07, 6.45) is 24.7. The molecule has 0 saturated carbocycles. The molecule has 0 bridgehead atoms. The third-order valence-electron chi connectivity index (χ3n) is 4.53. The molecule has 128 valence electrons. The monoisotopic (exact) mass is 430 g/mol. The molecule has 0 aromatic heterocycles. The maximum absolute atomic E-state index is 2.53. The maximum Gasteiger partial charge on any atom is -1.00 e. The molecule has 2 rings (SSSR count). The molecule has 3 heteroatoms. The normalized spacial score (nSPS) is 19.0. The largest absolute Gasteiger partial charge is 1.00 e. The molecule has 0 aliphatic heterocycles. The van der Waals surface area contributed by atoms with Crippen LogP contribution in [0.3, 0.4) is 0 Å². The van der Waals surface area contributed by atoms with Crippen molar-refractivity contribution in [3.05, 3.63) is 48.6 Å². The number of hydrogen-bond acceptors (Lipinski definition) is 0. The van der Waals surface area contributed by atoms with Crippen LogP contribution in [0.5, 0.6) is 0 Å². The predicted molar refractivity (Wildman–Crippen MR) is 90.1 cm³/mol. The Morgan fingerprint density at radius 1 is 0.652 bits per heavy atom. The minimum atomic E-state index is -0.623. The first-order valence-corrected chi connectivity index (χ1v) is 10.9. The second-order valence-corrected chi connectivity index (χ2v) is 12.7. The molecule has 2 aliphatic rings. The maximum atomic E-state index is 2.53. The van der Waals surface area contributed by atoms with Gasteiger partial charge in [0.05, 0.1) is 0 Å². The van der Waals surface area contributed by atoms with E-state index in [9.17, 15) is 0 Å². The number of halogens is 2. The van der Waals surface area contributed by atoms with Gasteiger partial charge in [-0.3, -0.25) is 0 Å². The molecule has 2 aliphatic carbocycles. The zero-order valence-electron chi connectivity index (χ0n) is 14.9. The molecule has 0 amide bonds. The first-order valence-electron chi connectivity index (χ1n) is 8.49. The summed E-state index contributed by atoms with van der Waals surface area (Å²) in [4.78, 5) is 0. The van der Waals surface area contributed by atoms with Gasteiger partial charge in [-0.1, -0.05) is 0 Å². The Balaban J connectivity index is 0.00000242. The van der Waals surface area contributed by atoms with Gasteiger partial charge < -0.3 is 24.8 Å². The van der Waals surface area contributed by atoms with Gasteiger partial charge in [-0.05, 0) is 0 Å². The average molecular weight is 433 g/mol. The van der Waals surface area contributed by atoms with Gasteiger partial charge in [0.2, 0.25) is 0 Å². The summed E-state index contributed by atoms with van der Waals surface area (Å²) in [6.45, 7) is 9.41. The van der Waals surface area contributed by atoms with E-state index in [1.54, 1.807) is 0 Å². The predicted octanol–water partition coefficient (Wildman–Crippen LogP) is 0.519. The SMILES string of the molecule is CC(C)CC[C]1([Zr+2][C]2(CCC(C)C)C=CC=C2)C=CC=C1.[Cl-].[Cl-]. The van der Waals surface area contributed by atoms with Gasteiger partial charge in [-0.2, -0.15) is 0 Å². The molecule has 0 nitrogen and oxygen atoms in total. The fraction of sp³-hybridized carbons (Fsp3) is 0.600. The second kappa shape index (κ2) is 10.4. The van der Waals surface area contributed by atoms with E-state index in [1.807, 2.05) is 0 Å². The van der Waals surface area contributed by atoms with Crippen LogP contribution < -0.4 is 24.8 Å². The standard InChI is InChI=1S/2C10H15.2ClH.Zr/c2*1-9(2)7-8-10-5-3-4-6-10;;;/h2*3-6,9H,7-8H2,1-2H3;2*1H;/q;;;;+2/p-2. The molecule has 0 radical (unpaired) electrons. The summed E-state index contributed by atoms with van der Waals surface area (Å²) in [6, 6.07) is 0. The van der Waals surface area contributed by atoms with E-state index in [4.69, 9.17) is 0 Å². The quantitative estimate of drug-likeness (QED) is 0.525. The Hall–Kier alpha value is 0.423. The Labute approximate surface area is 167 Å². The molecule has 0 aromatic rings. The molecular formula is C20H30Cl2Zr. The van der Waals surface area contributed by atoms with Gasteiger partial charge in [-0.25, -0.2) is 0 Å². The molecule has 0 spiro atoms. The van der Waals surface area contributed by atoms with Crippen molar-refractivity contribution in [2.24, 2.45) is 11.8 Å². The van der Waals surface area contributed by atoms with E-state index in [0.717, 1.165) is 11.8 Å². The molecule has 0 N–H and O–H groups in total. The third kappa shape index (κ3) is 7.05. The van der Waals surface area contributed by atoms with Gasteiger partial charge in [0.1, 0.15) is 0 Å². The van der Waals surface area contributed by atoms with E-state index >= 15 is 0 Å². The molecule has 0 unspecified atom stereocenters. The second-order valence-electron chi connectivity index (χ2n) is 7.51. The Morgan fingerprint density at radius 2 is 0.957 bits per heavy atom. The van der Waals surface area contributed by atoms with Crippen LogP contribution in [0.2, 0.25) is 6.25 Å². The van der Waals surface area contributed by atoms with E-state index < -0.39 is 23.2 Å². The first-order chi connectivity index (χ1) is 9.95. The van der Waals surface area contributed by atoms with Crippen molar-refractivity contribution in [1.82, 2.24) is 0 Å². The molecule has 0 aromatic carbocycles. The molecule has 23 heavy (non-hydrogen) atoms. The summed E-state index contributed by atoms with van der Waals surface area (Å²) < 4.78 is 0.896. The van der Waals surface area contributed by atoms with Crippen molar-refractivity contribution in [2.75, 3.05) is 0 Å². The zero-order valence-corrected chi connectivity index (χ0v) is 18.8. The summed E-state index contributed by atoms with van der Waals surface area (Å²) in [7, 11) is 0. The van der Waals surface area contributed by atoms with Crippen molar-refractivity contribution < 1.29 is 48.0 Å². The van der Waals surface area contributed by atoms with Gasteiger partial charge >= 0.3 is 143 Å². The van der Waals surface area contributed by atoms with Crippen LogP contribution in [0.15, 0.2) is 48.6 Å². The molecule has 0 heterocycles. The minimum absolute atomic E-state index is 0. The van der Waals surface area contributed by atoms with Crippen molar-refractivity contribution in [3.8, 4) is 0 Å². The fourth-order valence-corrected chi connectivity index (χ4v) is 8.35. The Bertz CT molecular complexity index is 392. The zero-order chi connectivity index (χ0) is 15.3. The van der Waals surface area contributed by atoms with Crippen LogP contribution in [0.25, 0.3) is 0 Å². The van der Waals surface area contributed by atoms with Crippen molar-refractivity contribution >= 4 is 0 Å². The molecule has 0 saturated heterocycles. The first kappa shape index (κ1) is 23.4. The Kier molecular flexibility index (Phi) is 10.6. The van der Waals surface area contributed by atoms with Crippen LogP contribution in [0.4, 0.5) is 0 Å². The smallest absolute Gasteiger partial charge is 1.00 e. The number of hydrogen-bond donors (Lipinski definition) is 0. The van der Waals surface area contributed by atoms with Gasteiger partial charge in [-0.15, -0.1) is 0 Å². The summed E-state index contributed by atoms with van der Waals surface area (Å²) >= 11 is -0.623. The van der Waals surface area contributed by atoms with Crippen LogP contribution >= 0.6 is 0 Å². The fourth-order valence-electron chi connectivity index (χ4n) is 3.13. The van der Waals surface area contributed by atoms with Crippen LogP contribution in [-0.2, 0) is 23.2 Å². The van der Waals surface area contributed by atoms with Crippen molar-refractivity contribution in [3.63, 3.8) is 0 Å². The van der Waals surface area contributed by atoms with Crippen LogP contribution in [-0.4, -0.2) is 0 Å². The summed E-state index contributed by atoms with van der Waals surface area (Å²) in [5, 5.41) is 0. The Morgan fingerprint density at radius 3 is 1.22 bits per heavy atom. The summed E-state index contributed by atoms with van der Waals surface area (Å²) in [5.74, 6) is 1.62. The van der Waals surface area contributed by atoms with E-state index in [1.165, 1.54) is 25.7 Å². The van der Waals surface area contributed by atoms with E-state index in [0.29, 0.717) is 6.25 Å². The minimum Gasteiger partial charge on any atom is -1.00 e. The topological polar surface area (TPSA) is 0 Å². The molecular weight excluding hydrogens is 402 g/mol. The molecule has 0 atom stereocenters. The summed E-state index contributed by atoms with van der Waals surface area (Å²) in [5.41, 5.74) is 0. The van der Waals surface area contributed by atoms with Crippen molar-refractivity contribution in [1.29, 1.82) is 0 Å². The van der Waals surface area contributed by atoms with Gasteiger partial charge in [0.15, 0.2) is 0 Å². The molecule has 0 fully saturated rings. The van der Waals surface area contributed by atoms with Gasteiger partial charge in [0.25, 0.3) is 0 Å². The average Bonchev–Trinajstić information content (AvgIpc) is 3.06. The number of allylic oxidation sites excluding steroid dienone is 8.